The Morgan fingerprint density at radius 3 is 2.37 bits per heavy atom. The van der Waals surface area contributed by atoms with Crippen molar-refractivity contribution in [3.8, 4) is 5.75 Å². The lowest BCUT2D eigenvalue weighted by Crippen LogP contribution is -2.49. The molecular formula is C32H37F2N4O10P. The van der Waals surface area contributed by atoms with Gasteiger partial charge in [0.15, 0.2) is 11.6 Å². The van der Waals surface area contributed by atoms with Crippen molar-refractivity contribution in [1.29, 1.82) is 0 Å². The number of aromatic nitrogens is 1. The largest absolute Gasteiger partial charge is 0.487 e. The van der Waals surface area contributed by atoms with Crippen LogP contribution in [0.5, 0.6) is 5.75 Å². The van der Waals surface area contributed by atoms with Gasteiger partial charge in [0.25, 0.3) is 0 Å². The van der Waals surface area contributed by atoms with E-state index in [2.05, 4.69) is 5.32 Å². The summed E-state index contributed by atoms with van der Waals surface area (Å²) in [6.07, 6.45) is 1.96. The first kappa shape index (κ1) is 35.8. The summed E-state index contributed by atoms with van der Waals surface area (Å²) in [5, 5.41) is 21.7. The van der Waals surface area contributed by atoms with E-state index in [9.17, 15) is 38.8 Å². The van der Waals surface area contributed by atoms with E-state index in [4.69, 9.17) is 9.26 Å². The molecule has 0 spiro atoms. The Morgan fingerprint density at radius 1 is 1.10 bits per heavy atom. The molecule has 264 valence electrons. The molecule has 1 aliphatic heterocycles. The van der Waals surface area contributed by atoms with E-state index in [0.717, 1.165) is 36.5 Å². The topological polar surface area (TPSA) is 188 Å². The van der Waals surface area contributed by atoms with E-state index in [1.807, 2.05) is 0 Å². The number of amides is 2. The van der Waals surface area contributed by atoms with Crippen molar-refractivity contribution >= 4 is 47.8 Å². The van der Waals surface area contributed by atoms with Crippen molar-refractivity contribution in [1.82, 2.24) is 9.88 Å². The van der Waals surface area contributed by atoms with E-state index in [1.54, 1.807) is 9.47 Å². The number of ether oxygens (including phenoxy) is 1. The highest BCUT2D eigenvalue weighted by molar-refractivity contribution is 7.51. The number of hydrogen-bond donors (Lipinski definition) is 4. The number of carbonyl (C=O) groups is 3. The van der Waals surface area contributed by atoms with Gasteiger partial charge in [0.2, 0.25) is 11.3 Å². The lowest BCUT2D eigenvalue weighted by molar-refractivity contribution is -0.118. The van der Waals surface area contributed by atoms with Crippen molar-refractivity contribution in [3.05, 3.63) is 63.9 Å². The number of aromatic carboxylic acids is 1. The number of carboxylic acids is 1. The highest BCUT2D eigenvalue weighted by atomic mass is 31.2. The van der Waals surface area contributed by atoms with Crippen LogP contribution in [0.2, 0.25) is 0 Å². The number of rotatable bonds is 13. The molecule has 1 aromatic heterocycles. The van der Waals surface area contributed by atoms with Gasteiger partial charge in [-0.1, -0.05) is 0 Å². The molecule has 17 heteroatoms. The van der Waals surface area contributed by atoms with Gasteiger partial charge in [-0.05, 0) is 56.4 Å². The number of hydrogen-bond acceptors (Lipinski definition) is 8. The van der Waals surface area contributed by atoms with Crippen LogP contribution < -0.4 is 25.3 Å². The fourth-order valence-corrected chi connectivity index (χ4v) is 6.96. The summed E-state index contributed by atoms with van der Waals surface area (Å²) in [5.74, 6) is -3.53. The second-order valence-electron chi connectivity index (χ2n) is 12.4. The Kier molecular flexibility index (Phi) is 10.3. The molecule has 0 bridgehead atoms. The first-order chi connectivity index (χ1) is 23.1. The third-order valence-electron chi connectivity index (χ3n) is 8.53. The van der Waals surface area contributed by atoms with Crippen molar-refractivity contribution in [2.45, 2.75) is 50.7 Å². The van der Waals surface area contributed by atoms with Crippen LogP contribution in [0.15, 0.2) is 41.3 Å². The fraction of sp³-hybridized carbons (Fsp3) is 0.438. The molecule has 3 aromatic rings. The molecule has 2 aliphatic rings. The van der Waals surface area contributed by atoms with Crippen LogP contribution in [-0.2, 0) is 13.9 Å². The smallest absolute Gasteiger partial charge is 0.411 e. The summed E-state index contributed by atoms with van der Waals surface area (Å²) >= 11 is 0. The Bertz CT molecular complexity index is 1890. The molecule has 1 saturated heterocycles. The van der Waals surface area contributed by atoms with E-state index in [0.29, 0.717) is 5.52 Å². The summed E-state index contributed by atoms with van der Waals surface area (Å²) in [4.78, 5) is 60.2. The quantitative estimate of drug-likeness (QED) is 0.144. The van der Waals surface area contributed by atoms with Crippen LogP contribution in [0.1, 0.15) is 55.4 Å². The summed E-state index contributed by atoms with van der Waals surface area (Å²) < 4.78 is 56.2. The van der Waals surface area contributed by atoms with E-state index < -0.39 is 47.9 Å². The average Bonchev–Trinajstić information content (AvgIpc) is 3.85. The van der Waals surface area contributed by atoms with Crippen LogP contribution in [0, 0.1) is 11.6 Å². The zero-order chi connectivity index (χ0) is 35.7. The van der Waals surface area contributed by atoms with Gasteiger partial charge in [0.05, 0.1) is 16.9 Å². The van der Waals surface area contributed by atoms with Crippen molar-refractivity contribution in [2.75, 3.05) is 49.3 Å². The molecular weight excluding hydrogens is 669 g/mol. The zero-order valence-corrected chi connectivity index (χ0v) is 27.8. The average molecular weight is 707 g/mol. The van der Waals surface area contributed by atoms with Gasteiger partial charge in [0, 0.05) is 63.5 Å². The van der Waals surface area contributed by atoms with Gasteiger partial charge < -0.3 is 34.6 Å². The maximum absolute atomic E-state index is 15.5. The van der Waals surface area contributed by atoms with Crippen LogP contribution in [0.3, 0.4) is 0 Å². The lowest BCUT2D eigenvalue weighted by atomic mass is 9.92. The molecule has 1 atom stereocenters. The number of piperidine rings is 1. The van der Waals surface area contributed by atoms with Gasteiger partial charge >= 0.3 is 19.7 Å². The number of anilines is 2. The van der Waals surface area contributed by atoms with Crippen molar-refractivity contribution in [3.63, 3.8) is 0 Å². The highest BCUT2D eigenvalue weighted by Crippen LogP contribution is 2.47. The third kappa shape index (κ3) is 8.38. The maximum Gasteiger partial charge on any atom is 0.411 e. The normalized spacial score (nSPS) is 17.0. The van der Waals surface area contributed by atoms with Crippen molar-refractivity contribution in [2.24, 2.45) is 0 Å². The minimum atomic E-state index is -4.10. The molecule has 5 rings (SSSR count). The molecule has 1 saturated carbocycles. The van der Waals surface area contributed by atoms with Gasteiger partial charge in [-0.25, -0.2) is 18.4 Å². The predicted octanol–water partition coefficient (Wildman–Crippen LogP) is 4.57. The van der Waals surface area contributed by atoms with Crippen LogP contribution in [0.4, 0.5) is 25.0 Å². The van der Waals surface area contributed by atoms with Gasteiger partial charge in [0.1, 0.15) is 23.6 Å². The summed E-state index contributed by atoms with van der Waals surface area (Å²) in [6, 6.07) is 6.10. The maximum atomic E-state index is 15.5. The summed E-state index contributed by atoms with van der Waals surface area (Å²) in [7, 11) is -4.10. The first-order valence-electron chi connectivity index (χ1n) is 15.6. The van der Waals surface area contributed by atoms with Crippen LogP contribution >= 0.6 is 7.60 Å². The Morgan fingerprint density at radius 2 is 1.80 bits per heavy atom. The third-order valence-corrected chi connectivity index (χ3v) is 9.26. The molecule has 1 unspecified atom stereocenters. The van der Waals surface area contributed by atoms with Gasteiger partial charge in [-0.3, -0.25) is 23.6 Å². The van der Waals surface area contributed by atoms with Gasteiger partial charge in [-0.15, -0.1) is 0 Å². The number of carbonyl (C=O) groups excluding carboxylic acids is 1. The molecule has 2 aromatic carbocycles. The fourth-order valence-electron chi connectivity index (χ4n) is 6.01. The number of fused-ring (bicyclic) bond motifs is 1. The second kappa shape index (κ2) is 14.1. The van der Waals surface area contributed by atoms with Crippen molar-refractivity contribution < 1.29 is 52.1 Å². The Hall–Kier alpha value is -4.53. The number of benzene rings is 2. The number of nitrogens with zero attached hydrogens (tertiary/aromatic N) is 3. The van der Waals surface area contributed by atoms with Crippen LogP contribution in [-0.4, -0.2) is 82.7 Å². The standard InChI is InChI=1S/C32H37F2N4O10P/c1-19(39)35-10-3-11-37(31(43)44)21-6-7-28(25(34)14-21)47-18-32(48-49(2,45)46)8-12-36(13-9-32)27-16-26-22(15-24(27)33)29(40)23(30(41)42)17-38(26)20-4-5-20/h6-7,14-17,20H,3-5,8-13,18H2,1-2H3,(H,35,39)(H,41,42)(H,43,44)(H,45,46). The molecule has 2 fully saturated rings. The highest BCUT2D eigenvalue weighted by Gasteiger charge is 2.41. The number of carboxylic acid groups (broad SMARTS) is 2. The predicted molar refractivity (Wildman–Crippen MR) is 175 cm³/mol. The molecule has 49 heavy (non-hydrogen) atoms. The summed E-state index contributed by atoms with van der Waals surface area (Å²) in [6.45, 7) is 2.46. The SMILES string of the molecule is CC(=O)NCCCN(C(=O)O)c1ccc(OCC2(OP(C)(=O)O)CCN(c3cc4c(cc3F)c(=O)c(C(=O)O)cn4C3CC3)CC2)c(F)c1. The molecule has 4 N–H and O–H groups in total. The lowest BCUT2D eigenvalue weighted by Gasteiger charge is -2.42. The molecule has 0 radical (unpaired) electrons. The number of nitrogens with one attached hydrogen (secondary N) is 1. The minimum absolute atomic E-state index is 0.00913. The Balaban J connectivity index is 1.33. The second-order valence-corrected chi connectivity index (χ2v) is 14.2. The molecule has 1 aliphatic carbocycles. The van der Waals surface area contributed by atoms with E-state index in [-0.39, 0.29) is 86.5 Å². The monoisotopic (exact) mass is 706 g/mol. The van der Waals surface area contributed by atoms with E-state index in [1.165, 1.54) is 31.3 Å². The number of pyridine rings is 1. The molecule has 2 heterocycles. The number of halogens is 2. The van der Waals surface area contributed by atoms with E-state index >= 15 is 8.78 Å². The first-order valence-corrected chi connectivity index (χ1v) is 17.6. The summed E-state index contributed by atoms with van der Waals surface area (Å²) in [5.41, 5.74) is -2.01. The zero-order valence-electron chi connectivity index (χ0n) is 26.9. The van der Waals surface area contributed by atoms with Gasteiger partial charge in [-0.2, -0.15) is 0 Å². The molecule has 2 amide bonds. The Labute approximate surface area is 279 Å². The van der Waals surface area contributed by atoms with Crippen LogP contribution in [0.25, 0.3) is 10.9 Å². The molecule has 14 nitrogen and oxygen atoms in total. The minimum Gasteiger partial charge on any atom is -0.487 e.